The number of anilines is 4. The predicted molar refractivity (Wildman–Crippen MR) is 95.7 cm³/mol. The number of hydrogen-bond donors (Lipinski definition) is 2. The number of nitro groups is 1. The minimum absolute atomic E-state index is 0.0441. The zero-order valence-electron chi connectivity index (χ0n) is 13.1. The van der Waals surface area contributed by atoms with E-state index in [1.165, 1.54) is 6.33 Å². The van der Waals surface area contributed by atoms with Crippen LogP contribution in [0, 0.1) is 17.0 Å². The lowest BCUT2D eigenvalue weighted by molar-refractivity contribution is -0.383. The van der Waals surface area contributed by atoms with Crippen LogP contribution >= 0.6 is 11.6 Å². The van der Waals surface area contributed by atoms with Crippen molar-refractivity contribution < 1.29 is 4.92 Å². The first-order valence-electron chi connectivity index (χ1n) is 7.25. The molecule has 2 heterocycles. The van der Waals surface area contributed by atoms with Crippen LogP contribution in [0.1, 0.15) is 5.69 Å². The molecule has 0 fully saturated rings. The first-order valence-corrected chi connectivity index (χ1v) is 7.63. The molecule has 0 aliphatic rings. The quantitative estimate of drug-likeness (QED) is 0.520. The van der Waals surface area contributed by atoms with E-state index in [0.29, 0.717) is 16.5 Å². The van der Waals surface area contributed by atoms with E-state index in [4.69, 9.17) is 11.6 Å². The summed E-state index contributed by atoms with van der Waals surface area (Å²) in [6.45, 7) is 1.83. The number of aryl methyl sites for hydroxylation is 1. The minimum Gasteiger partial charge on any atom is -0.334 e. The second-order valence-electron chi connectivity index (χ2n) is 5.10. The Labute approximate surface area is 148 Å². The van der Waals surface area contributed by atoms with Crippen LogP contribution in [0.2, 0.25) is 5.02 Å². The standard InChI is InChI=1S/C16H13ClN6O2/c1-10-4-2-7-13(20-10)22-16-14(23(24)25)15(18-9-19-16)21-12-6-3-5-11(17)8-12/h2-9H,1H3,(H2,18,19,20,21,22). The summed E-state index contributed by atoms with van der Waals surface area (Å²) in [4.78, 5) is 23.2. The number of benzene rings is 1. The van der Waals surface area contributed by atoms with E-state index in [0.717, 1.165) is 5.69 Å². The summed E-state index contributed by atoms with van der Waals surface area (Å²) in [7, 11) is 0. The average Bonchev–Trinajstić information content (AvgIpc) is 2.55. The van der Waals surface area contributed by atoms with E-state index in [9.17, 15) is 10.1 Å². The third-order valence-electron chi connectivity index (χ3n) is 3.23. The number of hydrogen-bond acceptors (Lipinski definition) is 7. The van der Waals surface area contributed by atoms with E-state index in [1.807, 2.05) is 13.0 Å². The van der Waals surface area contributed by atoms with Gasteiger partial charge in [0.05, 0.1) is 4.92 Å². The number of rotatable bonds is 5. The second kappa shape index (κ2) is 7.10. The van der Waals surface area contributed by atoms with Gasteiger partial charge in [-0.05, 0) is 37.3 Å². The van der Waals surface area contributed by atoms with Gasteiger partial charge in [-0.3, -0.25) is 10.1 Å². The van der Waals surface area contributed by atoms with Crippen molar-refractivity contribution in [3.05, 3.63) is 69.6 Å². The second-order valence-corrected chi connectivity index (χ2v) is 5.54. The smallest absolute Gasteiger partial charge is 0.334 e. The van der Waals surface area contributed by atoms with Gasteiger partial charge in [-0.15, -0.1) is 0 Å². The van der Waals surface area contributed by atoms with Crippen LogP contribution in [0.4, 0.5) is 28.8 Å². The van der Waals surface area contributed by atoms with E-state index in [-0.39, 0.29) is 17.3 Å². The van der Waals surface area contributed by atoms with Gasteiger partial charge < -0.3 is 10.6 Å². The van der Waals surface area contributed by atoms with Crippen LogP contribution in [0.15, 0.2) is 48.8 Å². The fraction of sp³-hybridized carbons (Fsp3) is 0.0625. The van der Waals surface area contributed by atoms with Crippen LogP contribution in [-0.2, 0) is 0 Å². The lowest BCUT2D eigenvalue weighted by Crippen LogP contribution is -2.06. The van der Waals surface area contributed by atoms with Gasteiger partial charge in [-0.1, -0.05) is 23.7 Å². The Morgan fingerprint density at radius 3 is 2.48 bits per heavy atom. The highest BCUT2D eigenvalue weighted by Gasteiger charge is 2.23. The van der Waals surface area contributed by atoms with Gasteiger partial charge in [-0.2, -0.15) is 0 Å². The normalized spacial score (nSPS) is 10.3. The van der Waals surface area contributed by atoms with Gasteiger partial charge in [0.1, 0.15) is 12.1 Å². The molecular formula is C16H13ClN6O2. The molecule has 1 aromatic carbocycles. The zero-order valence-corrected chi connectivity index (χ0v) is 13.9. The first-order chi connectivity index (χ1) is 12.0. The van der Waals surface area contributed by atoms with Crippen molar-refractivity contribution in [3.8, 4) is 0 Å². The molecule has 0 unspecified atom stereocenters. The molecule has 8 nitrogen and oxygen atoms in total. The molecule has 0 spiro atoms. The van der Waals surface area contributed by atoms with Gasteiger partial charge >= 0.3 is 5.69 Å². The number of aromatic nitrogens is 3. The summed E-state index contributed by atoms with van der Waals surface area (Å²) in [5.41, 5.74) is 1.07. The Kier molecular flexibility index (Phi) is 4.71. The fourth-order valence-corrected chi connectivity index (χ4v) is 2.36. The number of nitrogens with one attached hydrogen (secondary N) is 2. The maximum Gasteiger partial charge on any atom is 0.353 e. The molecule has 0 saturated carbocycles. The highest BCUT2D eigenvalue weighted by atomic mass is 35.5. The Bertz CT molecular complexity index is 868. The molecule has 0 amide bonds. The minimum atomic E-state index is -0.551. The van der Waals surface area contributed by atoms with Crippen molar-refractivity contribution in [2.75, 3.05) is 10.6 Å². The summed E-state index contributed by atoms with van der Waals surface area (Å²) in [5, 5.41) is 17.8. The predicted octanol–water partition coefficient (Wildman–Crippen LogP) is 4.23. The van der Waals surface area contributed by atoms with Gasteiger partial charge in [0.25, 0.3) is 0 Å². The van der Waals surface area contributed by atoms with Crippen molar-refractivity contribution in [2.45, 2.75) is 6.92 Å². The highest BCUT2D eigenvalue weighted by molar-refractivity contribution is 6.30. The first kappa shape index (κ1) is 16.6. The van der Waals surface area contributed by atoms with Crippen molar-refractivity contribution in [1.82, 2.24) is 15.0 Å². The number of halogens is 1. The molecule has 126 valence electrons. The van der Waals surface area contributed by atoms with Crippen LogP contribution in [0.5, 0.6) is 0 Å². The third-order valence-corrected chi connectivity index (χ3v) is 3.46. The van der Waals surface area contributed by atoms with Crippen molar-refractivity contribution in [1.29, 1.82) is 0 Å². The monoisotopic (exact) mass is 356 g/mol. The van der Waals surface area contributed by atoms with Crippen LogP contribution in [0.3, 0.4) is 0 Å². The highest BCUT2D eigenvalue weighted by Crippen LogP contribution is 2.32. The van der Waals surface area contributed by atoms with E-state index in [1.54, 1.807) is 36.4 Å². The summed E-state index contributed by atoms with van der Waals surface area (Å²) in [5.74, 6) is 0.551. The van der Waals surface area contributed by atoms with Gasteiger partial charge in [0.15, 0.2) is 0 Å². The number of nitrogens with zero attached hydrogens (tertiary/aromatic N) is 4. The van der Waals surface area contributed by atoms with Gasteiger partial charge in [0, 0.05) is 16.4 Å². The Balaban J connectivity index is 1.98. The van der Waals surface area contributed by atoms with E-state index >= 15 is 0 Å². The topological polar surface area (TPSA) is 106 Å². The molecule has 0 atom stereocenters. The molecule has 9 heteroatoms. The average molecular weight is 357 g/mol. The summed E-state index contributed by atoms with van der Waals surface area (Å²) < 4.78 is 0. The molecule has 0 aliphatic heterocycles. The molecular weight excluding hydrogens is 344 g/mol. The maximum absolute atomic E-state index is 11.6. The molecule has 3 rings (SSSR count). The molecule has 2 N–H and O–H groups in total. The Hall–Kier alpha value is -3.26. The van der Waals surface area contributed by atoms with Crippen LogP contribution in [-0.4, -0.2) is 19.9 Å². The Morgan fingerprint density at radius 2 is 1.80 bits per heavy atom. The van der Waals surface area contributed by atoms with Crippen LogP contribution < -0.4 is 10.6 Å². The molecule has 0 aliphatic carbocycles. The van der Waals surface area contributed by atoms with E-state index in [2.05, 4.69) is 25.6 Å². The Morgan fingerprint density at radius 1 is 1.08 bits per heavy atom. The van der Waals surface area contributed by atoms with Crippen molar-refractivity contribution in [3.63, 3.8) is 0 Å². The SMILES string of the molecule is Cc1cccc(Nc2ncnc(Nc3cccc(Cl)c3)c2[N+](=O)[O-])n1. The molecule has 0 radical (unpaired) electrons. The molecule has 2 aromatic heterocycles. The number of pyridine rings is 1. The van der Waals surface area contributed by atoms with Gasteiger partial charge in [0.2, 0.25) is 11.6 Å². The molecule has 0 saturated heterocycles. The summed E-state index contributed by atoms with van der Waals surface area (Å²) in [6, 6.07) is 12.1. The lowest BCUT2D eigenvalue weighted by atomic mass is 10.3. The van der Waals surface area contributed by atoms with Crippen molar-refractivity contribution >= 4 is 40.4 Å². The fourth-order valence-electron chi connectivity index (χ4n) is 2.17. The molecule has 25 heavy (non-hydrogen) atoms. The maximum atomic E-state index is 11.6. The summed E-state index contributed by atoms with van der Waals surface area (Å²) >= 11 is 5.94. The molecule has 3 aromatic rings. The van der Waals surface area contributed by atoms with Gasteiger partial charge in [-0.25, -0.2) is 15.0 Å². The zero-order chi connectivity index (χ0) is 17.8. The lowest BCUT2D eigenvalue weighted by Gasteiger charge is -2.10. The molecule has 0 bridgehead atoms. The summed E-state index contributed by atoms with van der Waals surface area (Å²) in [6.07, 6.45) is 1.23. The third kappa shape index (κ3) is 3.99. The van der Waals surface area contributed by atoms with Crippen molar-refractivity contribution in [2.24, 2.45) is 0 Å². The van der Waals surface area contributed by atoms with E-state index < -0.39 is 4.92 Å². The largest absolute Gasteiger partial charge is 0.353 e. The van der Waals surface area contributed by atoms with Crippen LogP contribution in [0.25, 0.3) is 0 Å².